The van der Waals surface area contributed by atoms with Gasteiger partial charge in [-0.3, -0.25) is 14.9 Å². The van der Waals surface area contributed by atoms with Crippen LogP contribution >= 0.6 is 11.8 Å². The maximum absolute atomic E-state index is 12.4. The molecule has 0 fully saturated rings. The first-order chi connectivity index (χ1) is 13.5. The van der Waals surface area contributed by atoms with Gasteiger partial charge in [-0.2, -0.15) is 5.10 Å². The molecule has 9 heteroatoms. The maximum Gasteiger partial charge on any atom is 0.269 e. The fraction of sp³-hybridized carbons (Fsp3) is 0.105. The lowest BCUT2D eigenvalue weighted by Gasteiger charge is -2.06. The Hall–Kier alpha value is -3.46. The van der Waals surface area contributed by atoms with Crippen LogP contribution in [0.15, 0.2) is 64.7 Å². The van der Waals surface area contributed by atoms with E-state index in [1.54, 1.807) is 12.1 Å². The van der Waals surface area contributed by atoms with E-state index in [2.05, 4.69) is 15.1 Å². The Labute approximate surface area is 163 Å². The minimum Gasteiger partial charge on any atom is -0.301 e. The molecule has 140 valence electrons. The Bertz CT molecular complexity index is 1230. The fourth-order valence-corrected chi connectivity index (χ4v) is 3.72. The standard InChI is InChI=1S/C19H15N5O3S/c1-12-4-2-3-5-13(12)11-28-19-21-17-16(18(25)22-19)10-20-23(17)14-6-8-15(9-7-14)24(26)27/h2-10H,11H2,1H3,(H,21,22,25). The fourth-order valence-electron chi connectivity index (χ4n) is 2.79. The van der Waals surface area contributed by atoms with E-state index in [0.717, 1.165) is 0 Å². The number of benzene rings is 2. The molecule has 0 aliphatic heterocycles. The molecule has 0 amide bonds. The molecule has 1 N–H and O–H groups in total. The van der Waals surface area contributed by atoms with Gasteiger partial charge in [0, 0.05) is 17.9 Å². The van der Waals surface area contributed by atoms with Gasteiger partial charge in [-0.15, -0.1) is 0 Å². The number of aryl methyl sites for hydroxylation is 1. The van der Waals surface area contributed by atoms with Crippen molar-refractivity contribution >= 4 is 28.5 Å². The molecule has 8 nitrogen and oxygen atoms in total. The Morgan fingerprint density at radius 3 is 2.64 bits per heavy atom. The molecular formula is C19H15N5O3S. The number of thioether (sulfide) groups is 1. The highest BCUT2D eigenvalue weighted by Crippen LogP contribution is 2.23. The van der Waals surface area contributed by atoms with Crippen LogP contribution in [-0.2, 0) is 5.75 Å². The molecule has 2 heterocycles. The van der Waals surface area contributed by atoms with Crippen LogP contribution in [0.5, 0.6) is 0 Å². The number of H-pyrrole nitrogens is 1. The number of aromatic nitrogens is 4. The molecule has 0 aliphatic rings. The third-order valence-electron chi connectivity index (χ3n) is 4.35. The minimum atomic E-state index is -0.464. The van der Waals surface area contributed by atoms with Crippen LogP contribution in [0.25, 0.3) is 16.7 Å². The van der Waals surface area contributed by atoms with Gasteiger partial charge >= 0.3 is 0 Å². The van der Waals surface area contributed by atoms with Crippen LogP contribution < -0.4 is 5.56 Å². The zero-order valence-corrected chi connectivity index (χ0v) is 15.6. The van der Waals surface area contributed by atoms with Gasteiger partial charge in [-0.05, 0) is 30.2 Å². The number of nitrogens with one attached hydrogen (secondary N) is 1. The number of nitro groups is 1. The SMILES string of the molecule is Cc1ccccc1CSc1nc2c(cnn2-c2ccc([N+](=O)[O-])cc2)c(=O)[nH]1. The van der Waals surface area contributed by atoms with E-state index in [0.29, 0.717) is 27.6 Å². The third-order valence-corrected chi connectivity index (χ3v) is 5.27. The molecule has 0 bridgehead atoms. The summed E-state index contributed by atoms with van der Waals surface area (Å²) in [5.74, 6) is 0.673. The molecule has 28 heavy (non-hydrogen) atoms. The monoisotopic (exact) mass is 393 g/mol. The zero-order valence-electron chi connectivity index (χ0n) is 14.8. The summed E-state index contributed by atoms with van der Waals surface area (Å²) >= 11 is 1.43. The minimum absolute atomic E-state index is 0.0134. The molecule has 0 spiro atoms. The maximum atomic E-state index is 12.4. The molecule has 0 saturated heterocycles. The highest BCUT2D eigenvalue weighted by Gasteiger charge is 2.13. The zero-order chi connectivity index (χ0) is 19.7. The lowest BCUT2D eigenvalue weighted by Crippen LogP contribution is -2.09. The van der Waals surface area contributed by atoms with E-state index in [1.165, 1.54) is 45.9 Å². The molecular weight excluding hydrogens is 378 g/mol. The van der Waals surface area contributed by atoms with Crippen molar-refractivity contribution in [3.8, 4) is 5.69 Å². The predicted molar refractivity (Wildman–Crippen MR) is 107 cm³/mol. The summed E-state index contributed by atoms with van der Waals surface area (Å²) < 4.78 is 1.51. The van der Waals surface area contributed by atoms with E-state index >= 15 is 0 Å². The summed E-state index contributed by atoms with van der Waals surface area (Å²) in [7, 11) is 0. The average molecular weight is 393 g/mol. The van der Waals surface area contributed by atoms with Crippen molar-refractivity contribution in [3.63, 3.8) is 0 Å². The molecule has 0 atom stereocenters. The molecule has 4 rings (SSSR count). The second-order valence-corrected chi connectivity index (χ2v) is 7.12. The first-order valence-electron chi connectivity index (χ1n) is 8.43. The lowest BCUT2D eigenvalue weighted by atomic mass is 10.1. The Kier molecular flexibility index (Phi) is 4.66. The summed E-state index contributed by atoms with van der Waals surface area (Å²) in [6.07, 6.45) is 1.44. The van der Waals surface area contributed by atoms with Crippen molar-refractivity contribution < 1.29 is 4.92 Å². The molecule has 0 unspecified atom stereocenters. The van der Waals surface area contributed by atoms with Crippen molar-refractivity contribution in [1.29, 1.82) is 0 Å². The highest BCUT2D eigenvalue weighted by molar-refractivity contribution is 7.98. The Morgan fingerprint density at radius 2 is 1.93 bits per heavy atom. The Balaban J connectivity index is 1.69. The summed E-state index contributed by atoms with van der Waals surface area (Å²) in [6, 6.07) is 14.0. The largest absolute Gasteiger partial charge is 0.301 e. The average Bonchev–Trinajstić information content (AvgIpc) is 3.12. The smallest absolute Gasteiger partial charge is 0.269 e. The Morgan fingerprint density at radius 1 is 1.18 bits per heavy atom. The van der Waals surface area contributed by atoms with Gasteiger partial charge in [0.05, 0.1) is 16.8 Å². The van der Waals surface area contributed by atoms with Gasteiger partial charge in [0.2, 0.25) is 0 Å². The second-order valence-electron chi connectivity index (χ2n) is 6.15. The van der Waals surface area contributed by atoms with E-state index in [1.807, 2.05) is 31.2 Å². The van der Waals surface area contributed by atoms with Crippen LogP contribution in [0.2, 0.25) is 0 Å². The van der Waals surface area contributed by atoms with Crippen LogP contribution in [0.4, 0.5) is 5.69 Å². The summed E-state index contributed by atoms with van der Waals surface area (Å²) in [5.41, 5.74) is 3.05. The molecule has 4 aromatic rings. The number of fused-ring (bicyclic) bond motifs is 1. The van der Waals surface area contributed by atoms with Crippen LogP contribution in [0, 0.1) is 17.0 Å². The number of nitro benzene ring substituents is 1. The molecule has 0 radical (unpaired) electrons. The predicted octanol–water partition coefficient (Wildman–Crippen LogP) is 3.62. The van der Waals surface area contributed by atoms with E-state index in [-0.39, 0.29) is 11.2 Å². The molecule has 2 aromatic heterocycles. The first-order valence-corrected chi connectivity index (χ1v) is 9.41. The summed E-state index contributed by atoms with van der Waals surface area (Å²) in [5, 5.41) is 15.9. The quantitative estimate of drug-likeness (QED) is 0.240. The number of hydrogen-bond donors (Lipinski definition) is 1. The van der Waals surface area contributed by atoms with Gasteiger partial charge in [0.25, 0.3) is 11.2 Å². The van der Waals surface area contributed by atoms with Crippen LogP contribution in [0.3, 0.4) is 0 Å². The summed E-state index contributed by atoms with van der Waals surface area (Å²) in [6.45, 7) is 2.04. The lowest BCUT2D eigenvalue weighted by molar-refractivity contribution is -0.384. The van der Waals surface area contributed by atoms with Crippen molar-refractivity contribution in [3.05, 3.63) is 86.3 Å². The van der Waals surface area contributed by atoms with Gasteiger partial charge in [-0.1, -0.05) is 36.0 Å². The van der Waals surface area contributed by atoms with Crippen LogP contribution in [0.1, 0.15) is 11.1 Å². The second kappa shape index (κ2) is 7.28. The van der Waals surface area contributed by atoms with Gasteiger partial charge in [-0.25, -0.2) is 9.67 Å². The van der Waals surface area contributed by atoms with Crippen molar-refractivity contribution in [2.75, 3.05) is 0 Å². The van der Waals surface area contributed by atoms with E-state index in [4.69, 9.17) is 0 Å². The molecule has 0 aliphatic carbocycles. The highest BCUT2D eigenvalue weighted by atomic mass is 32.2. The van der Waals surface area contributed by atoms with E-state index in [9.17, 15) is 14.9 Å². The van der Waals surface area contributed by atoms with Crippen molar-refractivity contribution in [2.45, 2.75) is 17.8 Å². The molecule has 2 aromatic carbocycles. The van der Waals surface area contributed by atoms with E-state index < -0.39 is 4.92 Å². The topological polar surface area (TPSA) is 107 Å². The number of non-ortho nitro benzene ring substituents is 1. The number of rotatable bonds is 5. The number of aromatic amines is 1. The third kappa shape index (κ3) is 3.39. The number of hydrogen-bond acceptors (Lipinski definition) is 6. The van der Waals surface area contributed by atoms with Crippen molar-refractivity contribution in [2.24, 2.45) is 0 Å². The number of nitrogens with zero attached hydrogens (tertiary/aromatic N) is 4. The van der Waals surface area contributed by atoms with Gasteiger partial charge < -0.3 is 4.98 Å². The van der Waals surface area contributed by atoms with Crippen molar-refractivity contribution in [1.82, 2.24) is 19.7 Å². The van der Waals surface area contributed by atoms with Gasteiger partial charge in [0.1, 0.15) is 5.39 Å². The first kappa shape index (κ1) is 17.9. The summed E-state index contributed by atoms with van der Waals surface area (Å²) in [4.78, 5) is 30.1. The van der Waals surface area contributed by atoms with Crippen LogP contribution in [-0.4, -0.2) is 24.7 Å². The molecule has 0 saturated carbocycles. The van der Waals surface area contributed by atoms with Gasteiger partial charge in [0.15, 0.2) is 10.8 Å². The normalized spacial score (nSPS) is 11.0.